The van der Waals surface area contributed by atoms with Crippen LogP contribution >= 0.6 is 0 Å². The van der Waals surface area contributed by atoms with Crippen LogP contribution < -0.4 is 0 Å². The molecule has 3 heteroatoms. The number of aromatic nitrogens is 2. The minimum Gasteiger partial charge on any atom is -0.324 e. The Kier molecular flexibility index (Phi) is 2.52. The molecule has 0 aliphatic heterocycles. The topological polar surface area (TPSA) is 34.9 Å². The summed E-state index contributed by atoms with van der Waals surface area (Å²) in [5, 5.41) is 0. The van der Waals surface area contributed by atoms with Gasteiger partial charge in [0.1, 0.15) is 0 Å². The highest BCUT2D eigenvalue weighted by Gasteiger charge is 2.11. The van der Waals surface area contributed by atoms with Crippen LogP contribution in [-0.4, -0.2) is 15.8 Å². The highest BCUT2D eigenvalue weighted by molar-refractivity contribution is 5.69. The summed E-state index contributed by atoms with van der Waals surface area (Å²) in [6.45, 7) is 0.724. The van der Waals surface area contributed by atoms with Crippen molar-refractivity contribution in [2.75, 3.05) is 0 Å². The summed E-state index contributed by atoms with van der Waals surface area (Å²) in [6.07, 6.45) is 7.97. The van der Waals surface area contributed by atoms with Crippen molar-refractivity contribution in [2.45, 2.75) is 25.8 Å². The molecule has 2 aromatic rings. The van der Waals surface area contributed by atoms with Crippen molar-refractivity contribution in [2.24, 2.45) is 0 Å². The van der Waals surface area contributed by atoms with Gasteiger partial charge in [0, 0.05) is 18.9 Å². The van der Waals surface area contributed by atoms with E-state index in [1.807, 2.05) is 10.8 Å². The smallest absolute Gasteiger partial charge is 0.185 e. The van der Waals surface area contributed by atoms with Crippen LogP contribution in [0.1, 0.15) is 33.7 Å². The Morgan fingerprint density at radius 2 is 2.18 bits per heavy atom. The average molecular weight is 226 g/mol. The summed E-state index contributed by atoms with van der Waals surface area (Å²) in [7, 11) is 0. The summed E-state index contributed by atoms with van der Waals surface area (Å²) in [5.74, 6) is 0.491. The molecule has 3 nitrogen and oxygen atoms in total. The van der Waals surface area contributed by atoms with Crippen LogP contribution in [0.4, 0.5) is 0 Å². The molecule has 1 aliphatic carbocycles. The molecule has 0 bridgehead atoms. The Bertz CT molecular complexity index is 557. The number of aldehydes is 1. The van der Waals surface area contributed by atoms with Gasteiger partial charge in [-0.05, 0) is 36.0 Å². The van der Waals surface area contributed by atoms with E-state index in [4.69, 9.17) is 0 Å². The van der Waals surface area contributed by atoms with E-state index < -0.39 is 0 Å². The van der Waals surface area contributed by atoms with Gasteiger partial charge >= 0.3 is 0 Å². The normalized spacial score (nSPS) is 13.6. The van der Waals surface area contributed by atoms with E-state index in [-0.39, 0.29) is 0 Å². The lowest BCUT2D eigenvalue weighted by Crippen LogP contribution is -2.03. The van der Waals surface area contributed by atoms with Gasteiger partial charge < -0.3 is 4.57 Å². The molecule has 0 saturated carbocycles. The van der Waals surface area contributed by atoms with Crippen LogP contribution in [0.3, 0.4) is 0 Å². The largest absolute Gasteiger partial charge is 0.324 e. The van der Waals surface area contributed by atoms with Crippen molar-refractivity contribution in [3.63, 3.8) is 0 Å². The van der Waals surface area contributed by atoms with E-state index in [9.17, 15) is 4.79 Å². The summed E-state index contributed by atoms with van der Waals surface area (Å²) in [5.41, 5.74) is 4.19. The third-order valence-corrected chi connectivity index (χ3v) is 3.37. The molecular weight excluding hydrogens is 212 g/mol. The van der Waals surface area contributed by atoms with Crippen LogP contribution in [0.5, 0.6) is 0 Å². The summed E-state index contributed by atoms with van der Waals surface area (Å²) in [4.78, 5) is 14.8. The lowest BCUT2D eigenvalue weighted by Gasteiger charge is -2.07. The number of hydrogen-bond donors (Lipinski definition) is 0. The molecule has 0 radical (unpaired) electrons. The summed E-state index contributed by atoms with van der Waals surface area (Å²) >= 11 is 0. The quantitative estimate of drug-likeness (QED) is 0.752. The maximum absolute atomic E-state index is 10.8. The Morgan fingerprint density at radius 3 is 3.06 bits per heavy atom. The third-order valence-electron chi connectivity index (χ3n) is 3.37. The molecule has 0 fully saturated rings. The van der Waals surface area contributed by atoms with E-state index in [0.29, 0.717) is 5.82 Å². The maximum Gasteiger partial charge on any atom is 0.185 e. The Morgan fingerprint density at radius 1 is 1.29 bits per heavy atom. The van der Waals surface area contributed by atoms with Crippen molar-refractivity contribution < 1.29 is 4.79 Å². The minimum absolute atomic E-state index is 0.491. The third kappa shape index (κ3) is 1.88. The fourth-order valence-corrected chi connectivity index (χ4v) is 2.49. The molecule has 0 unspecified atom stereocenters. The molecule has 1 aliphatic rings. The van der Waals surface area contributed by atoms with E-state index in [2.05, 4.69) is 23.2 Å². The van der Waals surface area contributed by atoms with Gasteiger partial charge in [0.05, 0.1) is 0 Å². The molecule has 3 rings (SSSR count). The van der Waals surface area contributed by atoms with Gasteiger partial charge in [-0.1, -0.05) is 18.2 Å². The lowest BCUT2D eigenvalue weighted by atomic mass is 10.1. The second-order valence-electron chi connectivity index (χ2n) is 4.49. The van der Waals surface area contributed by atoms with Crippen molar-refractivity contribution in [3.8, 4) is 0 Å². The SMILES string of the molecule is O=Cc1nccn1Cc1ccc2c(c1)CCC2. The zero-order valence-corrected chi connectivity index (χ0v) is 9.60. The predicted octanol–water partition coefficient (Wildman–Crippen LogP) is 2.23. The number of aryl methyl sites for hydroxylation is 2. The Balaban J connectivity index is 1.88. The second-order valence-corrected chi connectivity index (χ2v) is 4.49. The molecule has 0 amide bonds. The monoisotopic (exact) mass is 226 g/mol. The standard InChI is InChI=1S/C14H14N2O/c17-10-14-15-6-7-16(14)9-11-4-5-12-2-1-3-13(12)8-11/h4-8,10H,1-3,9H2. The highest BCUT2D eigenvalue weighted by atomic mass is 16.1. The molecule has 1 aromatic carbocycles. The Hall–Kier alpha value is -1.90. The van der Waals surface area contributed by atoms with Gasteiger partial charge in [-0.25, -0.2) is 4.98 Å². The van der Waals surface area contributed by atoms with E-state index in [0.717, 1.165) is 12.8 Å². The van der Waals surface area contributed by atoms with Crippen molar-refractivity contribution >= 4 is 6.29 Å². The summed E-state index contributed by atoms with van der Waals surface area (Å²) in [6, 6.07) is 6.63. The molecule has 1 aromatic heterocycles. The van der Waals surface area contributed by atoms with Gasteiger partial charge in [-0.3, -0.25) is 4.79 Å². The first kappa shape index (κ1) is 10.3. The summed E-state index contributed by atoms with van der Waals surface area (Å²) < 4.78 is 1.88. The zero-order valence-electron chi connectivity index (χ0n) is 9.60. The molecule has 0 saturated heterocycles. The van der Waals surface area contributed by atoms with Crippen molar-refractivity contribution in [3.05, 3.63) is 53.1 Å². The molecule has 17 heavy (non-hydrogen) atoms. The number of imidazole rings is 1. The number of carbonyl (C=O) groups is 1. The van der Waals surface area contributed by atoms with Gasteiger partial charge in [-0.15, -0.1) is 0 Å². The van der Waals surface area contributed by atoms with E-state index in [1.165, 1.54) is 36.0 Å². The van der Waals surface area contributed by atoms with Gasteiger partial charge in [0.25, 0.3) is 0 Å². The number of hydrogen-bond acceptors (Lipinski definition) is 2. The van der Waals surface area contributed by atoms with Crippen molar-refractivity contribution in [1.29, 1.82) is 0 Å². The van der Waals surface area contributed by atoms with Crippen LogP contribution in [-0.2, 0) is 19.4 Å². The first-order valence-corrected chi connectivity index (χ1v) is 5.94. The van der Waals surface area contributed by atoms with E-state index >= 15 is 0 Å². The molecule has 0 atom stereocenters. The van der Waals surface area contributed by atoms with Crippen LogP contribution in [0, 0.1) is 0 Å². The number of carbonyl (C=O) groups excluding carboxylic acids is 1. The van der Waals surface area contributed by atoms with Crippen LogP contribution in [0.25, 0.3) is 0 Å². The predicted molar refractivity (Wildman–Crippen MR) is 65.2 cm³/mol. The maximum atomic E-state index is 10.8. The first-order chi connectivity index (χ1) is 8.36. The fraction of sp³-hybridized carbons (Fsp3) is 0.286. The molecule has 1 heterocycles. The molecule has 86 valence electrons. The average Bonchev–Trinajstić information content (AvgIpc) is 2.96. The second kappa shape index (κ2) is 4.17. The minimum atomic E-state index is 0.491. The van der Waals surface area contributed by atoms with Crippen LogP contribution in [0.2, 0.25) is 0 Å². The molecular formula is C14H14N2O. The molecule has 0 N–H and O–H groups in total. The highest BCUT2D eigenvalue weighted by Crippen LogP contribution is 2.23. The fourth-order valence-electron chi connectivity index (χ4n) is 2.49. The number of rotatable bonds is 3. The van der Waals surface area contributed by atoms with Crippen molar-refractivity contribution in [1.82, 2.24) is 9.55 Å². The molecule has 0 spiro atoms. The van der Waals surface area contributed by atoms with E-state index in [1.54, 1.807) is 6.20 Å². The zero-order chi connectivity index (χ0) is 11.7. The van der Waals surface area contributed by atoms with Gasteiger partial charge in [0.15, 0.2) is 12.1 Å². The number of fused-ring (bicyclic) bond motifs is 1. The van der Waals surface area contributed by atoms with Gasteiger partial charge in [0.2, 0.25) is 0 Å². The number of benzene rings is 1. The number of nitrogens with zero attached hydrogens (tertiary/aromatic N) is 2. The first-order valence-electron chi connectivity index (χ1n) is 5.94. The van der Waals surface area contributed by atoms with Gasteiger partial charge in [-0.2, -0.15) is 0 Å². The van der Waals surface area contributed by atoms with Crippen LogP contribution in [0.15, 0.2) is 30.6 Å². The Labute approximate surface area is 100 Å². The lowest BCUT2D eigenvalue weighted by molar-refractivity contribution is 0.111.